The van der Waals surface area contributed by atoms with E-state index in [1.165, 1.54) is 18.3 Å². The van der Waals surface area contributed by atoms with Gasteiger partial charge in [0.25, 0.3) is 5.89 Å². The molecule has 0 atom stereocenters. The number of aryl methyl sites for hydroxylation is 1. The average Bonchev–Trinajstić information content (AvgIpc) is 2.84. The molecule has 0 aromatic carbocycles. The number of aromatic nitrogens is 3. The second-order valence-corrected chi connectivity index (χ2v) is 3.67. The highest BCUT2D eigenvalue weighted by atomic mass is 19.4. The fourth-order valence-corrected chi connectivity index (χ4v) is 1.35. The van der Waals surface area contributed by atoms with E-state index in [-0.39, 0.29) is 23.8 Å². The summed E-state index contributed by atoms with van der Waals surface area (Å²) >= 11 is 0. The summed E-state index contributed by atoms with van der Waals surface area (Å²) in [5.41, 5.74) is 0.602. The van der Waals surface area contributed by atoms with Crippen LogP contribution >= 0.6 is 0 Å². The predicted octanol–water partition coefficient (Wildman–Crippen LogP) is 2.50. The number of hydrogen-bond donors (Lipinski definition) is 0. The molecule has 0 aliphatic carbocycles. The minimum Gasteiger partial charge on any atom is -0.334 e. The summed E-state index contributed by atoms with van der Waals surface area (Å²) in [5.74, 6) is 0.0405. The molecule has 2 aromatic rings. The monoisotopic (exact) mass is 268 g/mol. The number of rotatable bonds is 3. The Morgan fingerprint density at radius 3 is 2.84 bits per heavy atom. The fraction of sp³-hybridized carbons (Fsp3) is 0.273. The SMILES string of the molecule is N#Cc1cc(-c2nc(CCC(F)(F)F)no2)ccn1. The fourth-order valence-electron chi connectivity index (χ4n) is 1.35. The number of alkyl halides is 3. The van der Waals surface area contributed by atoms with E-state index in [9.17, 15) is 13.2 Å². The molecule has 0 aliphatic rings. The van der Waals surface area contributed by atoms with E-state index >= 15 is 0 Å². The third-order valence-corrected chi connectivity index (χ3v) is 2.22. The first-order valence-corrected chi connectivity index (χ1v) is 5.24. The second-order valence-electron chi connectivity index (χ2n) is 3.67. The predicted molar refractivity (Wildman–Crippen MR) is 56.6 cm³/mol. The maximum atomic E-state index is 12.0. The van der Waals surface area contributed by atoms with Gasteiger partial charge in [-0.15, -0.1) is 0 Å². The van der Waals surface area contributed by atoms with Gasteiger partial charge in [0.2, 0.25) is 0 Å². The zero-order valence-electron chi connectivity index (χ0n) is 9.48. The Balaban J connectivity index is 2.14. The molecule has 98 valence electrons. The van der Waals surface area contributed by atoms with Crippen molar-refractivity contribution in [2.24, 2.45) is 0 Å². The molecule has 2 rings (SSSR count). The highest BCUT2D eigenvalue weighted by Gasteiger charge is 2.27. The van der Waals surface area contributed by atoms with Crippen LogP contribution in [0, 0.1) is 11.3 Å². The third-order valence-electron chi connectivity index (χ3n) is 2.22. The van der Waals surface area contributed by atoms with Crippen molar-refractivity contribution in [3.63, 3.8) is 0 Å². The minimum atomic E-state index is -4.26. The Hall–Kier alpha value is -2.43. The van der Waals surface area contributed by atoms with E-state index in [1.54, 1.807) is 0 Å². The third kappa shape index (κ3) is 3.51. The summed E-state index contributed by atoms with van der Waals surface area (Å²) in [6.45, 7) is 0. The Kier molecular flexibility index (Phi) is 3.46. The molecule has 0 aliphatic heterocycles. The van der Waals surface area contributed by atoms with Gasteiger partial charge in [-0.2, -0.15) is 23.4 Å². The highest BCUT2D eigenvalue weighted by Crippen LogP contribution is 2.22. The largest absolute Gasteiger partial charge is 0.389 e. The Labute approximate surface area is 105 Å². The van der Waals surface area contributed by atoms with Gasteiger partial charge in [0.15, 0.2) is 5.82 Å². The van der Waals surface area contributed by atoms with Gasteiger partial charge in [-0.05, 0) is 12.1 Å². The normalized spacial score (nSPS) is 11.3. The molecule has 0 saturated carbocycles. The maximum Gasteiger partial charge on any atom is 0.389 e. The van der Waals surface area contributed by atoms with E-state index in [4.69, 9.17) is 9.78 Å². The Bertz CT molecular complexity index is 615. The van der Waals surface area contributed by atoms with E-state index < -0.39 is 12.6 Å². The molecule has 2 aromatic heterocycles. The van der Waals surface area contributed by atoms with Crippen LogP contribution in [0.4, 0.5) is 13.2 Å². The van der Waals surface area contributed by atoms with Crippen molar-refractivity contribution in [2.45, 2.75) is 19.0 Å². The molecular weight excluding hydrogens is 261 g/mol. The lowest BCUT2D eigenvalue weighted by atomic mass is 10.2. The van der Waals surface area contributed by atoms with Crippen LogP contribution in [-0.2, 0) is 6.42 Å². The van der Waals surface area contributed by atoms with Crippen molar-refractivity contribution in [3.8, 4) is 17.5 Å². The summed E-state index contributed by atoms with van der Waals surface area (Å²) in [4.78, 5) is 7.60. The quantitative estimate of drug-likeness (QED) is 0.854. The summed E-state index contributed by atoms with van der Waals surface area (Å²) in [6.07, 6.45) is -4.23. The lowest BCUT2D eigenvalue weighted by molar-refractivity contribution is -0.134. The summed E-state index contributed by atoms with van der Waals surface area (Å²) in [5, 5.41) is 12.1. The van der Waals surface area contributed by atoms with Gasteiger partial charge in [0, 0.05) is 18.2 Å². The van der Waals surface area contributed by atoms with Gasteiger partial charge in [-0.1, -0.05) is 5.16 Å². The minimum absolute atomic E-state index is 0.0253. The van der Waals surface area contributed by atoms with Gasteiger partial charge in [0.1, 0.15) is 11.8 Å². The van der Waals surface area contributed by atoms with Crippen molar-refractivity contribution < 1.29 is 17.7 Å². The zero-order chi connectivity index (χ0) is 13.9. The van der Waals surface area contributed by atoms with Gasteiger partial charge < -0.3 is 4.52 Å². The molecule has 0 fully saturated rings. The van der Waals surface area contributed by atoms with Crippen LogP contribution in [0.2, 0.25) is 0 Å². The Morgan fingerprint density at radius 1 is 1.37 bits per heavy atom. The molecule has 0 spiro atoms. The lowest BCUT2D eigenvalue weighted by Crippen LogP contribution is -2.09. The molecule has 5 nitrogen and oxygen atoms in total. The molecular formula is C11H7F3N4O. The molecule has 2 heterocycles. The van der Waals surface area contributed by atoms with Gasteiger partial charge in [0.05, 0.1) is 6.42 Å². The van der Waals surface area contributed by atoms with Crippen LogP contribution in [0.1, 0.15) is 17.9 Å². The van der Waals surface area contributed by atoms with Crippen molar-refractivity contribution >= 4 is 0 Å². The molecule has 0 bridgehead atoms. The highest BCUT2D eigenvalue weighted by molar-refractivity contribution is 5.53. The second kappa shape index (κ2) is 5.06. The first-order chi connectivity index (χ1) is 8.98. The number of nitriles is 1. The molecule has 0 amide bonds. The van der Waals surface area contributed by atoms with Crippen molar-refractivity contribution in [1.82, 2.24) is 15.1 Å². The molecule has 0 radical (unpaired) electrons. The van der Waals surface area contributed by atoms with Crippen LogP contribution < -0.4 is 0 Å². The van der Waals surface area contributed by atoms with Crippen LogP contribution in [0.15, 0.2) is 22.9 Å². The molecule has 0 saturated heterocycles. The van der Waals surface area contributed by atoms with Gasteiger partial charge >= 0.3 is 6.18 Å². The van der Waals surface area contributed by atoms with E-state index in [1.807, 2.05) is 6.07 Å². The van der Waals surface area contributed by atoms with Crippen molar-refractivity contribution in [1.29, 1.82) is 5.26 Å². The summed E-state index contributed by atoms with van der Waals surface area (Å²) in [6, 6.07) is 4.79. The first kappa shape index (κ1) is 13.0. The van der Waals surface area contributed by atoms with Gasteiger partial charge in [-0.3, -0.25) is 0 Å². The van der Waals surface area contributed by atoms with Crippen LogP contribution in [0.5, 0.6) is 0 Å². The Morgan fingerprint density at radius 2 is 2.16 bits per heavy atom. The number of halogens is 3. The van der Waals surface area contributed by atoms with E-state index in [0.29, 0.717) is 5.56 Å². The summed E-state index contributed by atoms with van der Waals surface area (Å²) < 4.78 is 41.0. The molecule has 8 heteroatoms. The number of hydrogen-bond acceptors (Lipinski definition) is 5. The topological polar surface area (TPSA) is 75.6 Å². The smallest absolute Gasteiger partial charge is 0.334 e. The van der Waals surface area contributed by atoms with Crippen molar-refractivity contribution in [2.75, 3.05) is 0 Å². The average molecular weight is 268 g/mol. The maximum absolute atomic E-state index is 12.0. The van der Waals surface area contributed by atoms with E-state index in [2.05, 4.69) is 15.1 Å². The van der Waals surface area contributed by atoms with Crippen molar-refractivity contribution in [3.05, 3.63) is 29.8 Å². The van der Waals surface area contributed by atoms with E-state index in [0.717, 1.165) is 0 Å². The zero-order valence-corrected chi connectivity index (χ0v) is 9.48. The number of nitrogens with zero attached hydrogens (tertiary/aromatic N) is 4. The lowest BCUT2D eigenvalue weighted by Gasteiger charge is -2.01. The van der Waals surface area contributed by atoms with Crippen LogP contribution in [0.3, 0.4) is 0 Å². The number of pyridine rings is 1. The standard InChI is InChI=1S/C11H7F3N4O/c12-11(13,14)3-1-9-17-10(19-18-9)7-2-4-16-8(5-7)6-15/h2,4-5H,1,3H2. The summed E-state index contributed by atoms with van der Waals surface area (Å²) in [7, 11) is 0. The first-order valence-electron chi connectivity index (χ1n) is 5.24. The van der Waals surface area contributed by atoms with Crippen LogP contribution in [0.25, 0.3) is 11.5 Å². The molecule has 0 N–H and O–H groups in total. The van der Waals surface area contributed by atoms with Gasteiger partial charge in [-0.25, -0.2) is 4.98 Å². The molecule has 0 unspecified atom stereocenters. The van der Waals surface area contributed by atoms with Crippen LogP contribution in [-0.4, -0.2) is 21.3 Å². The molecule has 19 heavy (non-hydrogen) atoms.